The van der Waals surface area contributed by atoms with E-state index in [1.54, 1.807) is 23.5 Å². The lowest BCUT2D eigenvalue weighted by molar-refractivity contribution is -0.119. The first-order valence-electron chi connectivity index (χ1n) is 8.07. The number of hydrogen-bond acceptors (Lipinski definition) is 5. The van der Waals surface area contributed by atoms with Crippen molar-refractivity contribution >= 4 is 23.2 Å². The minimum atomic E-state index is -0.128. The fourth-order valence-corrected chi connectivity index (χ4v) is 3.80. The molecule has 2 aromatic heterocycles. The fraction of sp³-hybridized carbons (Fsp3) is 0.471. The van der Waals surface area contributed by atoms with Crippen LogP contribution in [-0.4, -0.2) is 34.8 Å². The van der Waals surface area contributed by atoms with Crippen LogP contribution in [0, 0.1) is 6.92 Å². The van der Waals surface area contributed by atoms with Crippen LogP contribution in [0.3, 0.4) is 0 Å². The van der Waals surface area contributed by atoms with Crippen molar-refractivity contribution in [2.75, 3.05) is 13.1 Å². The van der Waals surface area contributed by atoms with E-state index in [1.807, 2.05) is 11.8 Å². The fourth-order valence-electron chi connectivity index (χ4n) is 2.88. The number of thiazole rings is 1. The molecular formula is C17H21N3O3S. The first-order chi connectivity index (χ1) is 11.5. The maximum Gasteiger partial charge on any atom is 0.289 e. The summed E-state index contributed by atoms with van der Waals surface area (Å²) in [5, 5.41) is 5.82. The molecular weight excluding hydrogens is 326 g/mol. The van der Waals surface area contributed by atoms with E-state index in [1.165, 1.54) is 6.92 Å². The van der Waals surface area contributed by atoms with Crippen molar-refractivity contribution in [3.8, 4) is 0 Å². The Morgan fingerprint density at radius 2 is 2.29 bits per heavy atom. The standard InChI is InChI=1S/C17H21N3O3S/c1-11-10-24-16(19-11)13-4-3-7-20(9-13)17(22)15-6-5-14(23-15)8-18-12(2)21/h5-6,10,13H,3-4,7-9H2,1-2H3,(H,18,21)/t13-/m1/s1. The van der Waals surface area contributed by atoms with Gasteiger partial charge < -0.3 is 14.6 Å². The number of carbonyl (C=O) groups is 2. The molecule has 3 rings (SSSR count). The van der Waals surface area contributed by atoms with Crippen LogP contribution in [-0.2, 0) is 11.3 Å². The Balaban J connectivity index is 1.65. The molecule has 0 aliphatic carbocycles. The minimum Gasteiger partial charge on any atom is -0.454 e. The predicted molar refractivity (Wildman–Crippen MR) is 91.0 cm³/mol. The molecule has 6 nitrogen and oxygen atoms in total. The van der Waals surface area contributed by atoms with Gasteiger partial charge in [0.1, 0.15) is 5.76 Å². The maximum absolute atomic E-state index is 12.7. The Morgan fingerprint density at radius 1 is 1.46 bits per heavy atom. The molecule has 2 aromatic rings. The second kappa shape index (κ2) is 7.17. The molecule has 0 aromatic carbocycles. The van der Waals surface area contributed by atoms with Crippen LogP contribution >= 0.6 is 11.3 Å². The smallest absolute Gasteiger partial charge is 0.289 e. The summed E-state index contributed by atoms with van der Waals surface area (Å²) in [4.78, 5) is 30.0. The summed E-state index contributed by atoms with van der Waals surface area (Å²) in [5.41, 5.74) is 1.03. The number of likely N-dealkylation sites (tertiary alicyclic amines) is 1. The largest absolute Gasteiger partial charge is 0.454 e. The van der Waals surface area contributed by atoms with Crippen molar-refractivity contribution in [3.63, 3.8) is 0 Å². The number of aromatic nitrogens is 1. The lowest BCUT2D eigenvalue weighted by Gasteiger charge is -2.31. The average Bonchev–Trinajstić information content (AvgIpc) is 3.21. The molecule has 1 saturated heterocycles. The van der Waals surface area contributed by atoms with E-state index in [9.17, 15) is 9.59 Å². The van der Waals surface area contributed by atoms with E-state index in [4.69, 9.17) is 4.42 Å². The third-order valence-corrected chi connectivity index (χ3v) is 5.20. The van der Waals surface area contributed by atoms with Crippen molar-refractivity contribution in [3.05, 3.63) is 39.7 Å². The van der Waals surface area contributed by atoms with Gasteiger partial charge in [-0.05, 0) is 31.9 Å². The third kappa shape index (κ3) is 3.84. The summed E-state index contributed by atoms with van der Waals surface area (Å²) in [6.07, 6.45) is 2.02. The van der Waals surface area contributed by atoms with Crippen LogP contribution in [0.4, 0.5) is 0 Å². The van der Waals surface area contributed by atoms with Crippen LogP contribution in [0.15, 0.2) is 21.9 Å². The van der Waals surface area contributed by atoms with Gasteiger partial charge in [-0.15, -0.1) is 11.3 Å². The van der Waals surface area contributed by atoms with Gasteiger partial charge >= 0.3 is 0 Å². The van der Waals surface area contributed by atoms with Crippen molar-refractivity contribution in [2.24, 2.45) is 0 Å². The van der Waals surface area contributed by atoms with Crippen LogP contribution in [0.2, 0.25) is 0 Å². The second-order valence-electron chi connectivity index (χ2n) is 6.09. The highest BCUT2D eigenvalue weighted by atomic mass is 32.1. The summed E-state index contributed by atoms with van der Waals surface area (Å²) in [6, 6.07) is 3.41. The molecule has 3 heterocycles. The Bertz CT molecular complexity index is 737. The molecule has 7 heteroatoms. The highest BCUT2D eigenvalue weighted by molar-refractivity contribution is 7.09. The van der Waals surface area contributed by atoms with Gasteiger partial charge in [0.2, 0.25) is 5.91 Å². The summed E-state index contributed by atoms with van der Waals surface area (Å²) >= 11 is 1.67. The van der Waals surface area contributed by atoms with Crippen molar-refractivity contribution < 1.29 is 14.0 Å². The maximum atomic E-state index is 12.7. The number of hydrogen-bond donors (Lipinski definition) is 1. The van der Waals surface area contributed by atoms with E-state index in [0.29, 0.717) is 30.5 Å². The van der Waals surface area contributed by atoms with Crippen molar-refractivity contribution in [1.82, 2.24) is 15.2 Å². The van der Waals surface area contributed by atoms with E-state index in [0.717, 1.165) is 30.1 Å². The Labute approximate surface area is 144 Å². The highest BCUT2D eigenvalue weighted by Gasteiger charge is 2.28. The first-order valence-corrected chi connectivity index (χ1v) is 8.95. The van der Waals surface area contributed by atoms with Gasteiger partial charge in [0.15, 0.2) is 5.76 Å². The minimum absolute atomic E-state index is 0.0953. The van der Waals surface area contributed by atoms with Gasteiger partial charge in [0, 0.05) is 37.0 Å². The van der Waals surface area contributed by atoms with Crippen LogP contribution in [0.5, 0.6) is 0 Å². The summed E-state index contributed by atoms with van der Waals surface area (Å²) in [6.45, 7) is 5.15. The number of nitrogens with one attached hydrogen (secondary N) is 1. The van der Waals surface area contributed by atoms with Gasteiger partial charge in [-0.3, -0.25) is 9.59 Å². The van der Waals surface area contributed by atoms with E-state index in [2.05, 4.69) is 15.7 Å². The number of furan rings is 1. The molecule has 0 unspecified atom stereocenters. The molecule has 1 N–H and O–H groups in total. The highest BCUT2D eigenvalue weighted by Crippen LogP contribution is 2.30. The number of rotatable bonds is 4. The first kappa shape index (κ1) is 16.7. The zero-order valence-corrected chi connectivity index (χ0v) is 14.7. The normalized spacial score (nSPS) is 17.8. The molecule has 1 fully saturated rings. The number of nitrogens with zero attached hydrogens (tertiary/aromatic N) is 2. The average molecular weight is 347 g/mol. The molecule has 0 saturated carbocycles. The van der Waals surface area contributed by atoms with Crippen LogP contribution in [0.1, 0.15) is 52.7 Å². The number of amides is 2. The third-order valence-electron chi connectivity index (χ3n) is 4.08. The Morgan fingerprint density at radius 3 is 3.00 bits per heavy atom. The molecule has 128 valence electrons. The van der Waals surface area contributed by atoms with Gasteiger partial charge in [-0.1, -0.05) is 0 Å². The molecule has 1 aliphatic rings. The summed E-state index contributed by atoms with van der Waals surface area (Å²) in [5.74, 6) is 0.984. The van der Waals surface area contributed by atoms with Crippen molar-refractivity contribution in [2.45, 2.75) is 39.2 Å². The molecule has 1 atom stereocenters. The molecule has 0 spiro atoms. The SMILES string of the molecule is CC(=O)NCc1ccc(C(=O)N2CCC[C@@H](c3nc(C)cs3)C2)o1. The predicted octanol–water partition coefficient (Wildman–Crippen LogP) is 2.70. The van der Waals surface area contributed by atoms with Crippen LogP contribution in [0.25, 0.3) is 0 Å². The van der Waals surface area contributed by atoms with Gasteiger partial charge in [-0.2, -0.15) is 0 Å². The number of carbonyl (C=O) groups excluding carboxylic acids is 2. The molecule has 0 bridgehead atoms. The Hall–Kier alpha value is -2.15. The van der Waals surface area contributed by atoms with Crippen molar-refractivity contribution in [1.29, 1.82) is 0 Å². The molecule has 1 aliphatic heterocycles. The monoisotopic (exact) mass is 347 g/mol. The quantitative estimate of drug-likeness (QED) is 0.923. The summed E-state index contributed by atoms with van der Waals surface area (Å²) in [7, 11) is 0. The molecule has 2 amide bonds. The van der Waals surface area contributed by atoms with Gasteiger partial charge in [0.25, 0.3) is 5.91 Å². The zero-order chi connectivity index (χ0) is 17.1. The molecule has 0 radical (unpaired) electrons. The van der Waals surface area contributed by atoms with Gasteiger partial charge in [-0.25, -0.2) is 4.98 Å². The lowest BCUT2D eigenvalue weighted by Crippen LogP contribution is -2.39. The van der Waals surface area contributed by atoms with E-state index in [-0.39, 0.29) is 11.8 Å². The topological polar surface area (TPSA) is 75.4 Å². The second-order valence-corrected chi connectivity index (χ2v) is 6.98. The number of piperidine rings is 1. The van der Waals surface area contributed by atoms with E-state index >= 15 is 0 Å². The zero-order valence-electron chi connectivity index (χ0n) is 13.9. The van der Waals surface area contributed by atoms with Crippen LogP contribution < -0.4 is 5.32 Å². The molecule has 24 heavy (non-hydrogen) atoms. The van der Waals surface area contributed by atoms with E-state index < -0.39 is 0 Å². The Kier molecular flexibility index (Phi) is 4.99. The summed E-state index contributed by atoms with van der Waals surface area (Å²) < 4.78 is 5.58. The number of aryl methyl sites for hydroxylation is 1. The lowest BCUT2D eigenvalue weighted by atomic mass is 9.98. The van der Waals surface area contributed by atoms with Gasteiger partial charge in [0.05, 0.1) is 11.6 Å².